The number of cyclic esters (lactones) is 1. The summed E-state index contributed by atoms with van der Waals surface area (Å²) in [6.45, 7) is 1.67. The maximum Gasteiger partial charge on any atom is 0.414 e. The predicted octanol–water partition coefficient (Wildman–Crippen LogP) is 2.73. The number of imidazole rings is 1. The van der Waals surface area contributed by atoms with Gasteiger partial charge in [0.05, 0.1) is 37.3 Å². The van der Waals surface area contributed by atoms with Crippen molar-refractivity contribution < 1.29 is 23.8 Å². The minimum Gasteiger partial charge on any atom is -0.442 e. The minimum absolute atomic E-state index is 0. The Hall–Kier alpha value is -3.46. The van der Waals surface area contributed by atoms with Gasteiger partial charge in [-0.25, -0.2) is 14.2 Å². The van der Waals surface area contributed by atoms with Crippen molar-refractivity contribution in [3.8, 4) is 11.1 Å². The summed E-state index contributed by atoms with van der Waals surface area (Å²) >= 11 is 0. The van der Waals surface area contributed by atoms with E-state index in [9.17, 15) is 19.1 Å². The first-order valence-corrected chi connectivity index (χ1v) is 9.05. The Morgan fingerprint density at radius 3 is 2.87 bits per heavy atom. The van der Waals surface area contributed by atoms with E-state index in [2.05, 4.69) is 10.3 Å². The lowest BCUT2D eigenvalue weighted by Gasteiger charge is -2.14. The highest BCUT2D eigenvalue weighted by Crippen LogP contribution is 2.29. The van der Waals surface area contributed by atoms with E-state index in [0.717, 1.165) is 0 Å². The van der Waals surface area contributed by atoms with Gasteiger partial charge in [-0.3, -0.25) is 9.69 Å². The summed E-state index contributed by atoms with van der Waals surface area (Å²) in [5, 5.41) is 11.9. The number of aromatic nitrogens is 2. The number of carbonyl (C=O) groups excluding carboxylic acids is 2. The van der Waals surface area contributed by atoms with E-state index >= 15 is 0 Å². The third-order valence-electron chi connectivity index (χ3n) is 4.78. The van der Waals surface area contributed by atoms with Gasteiger partial charge in [0, 0.05) is 18.7 Å². The molecule has 0 radical (unpaired) electrons. The zero-order chi connectivity index (χ0) is 20.5. The van der Waals surface area contributed by atoms with Crippen LogP contribution in [0.2, 0.25) is 0 Å². The quantitative estimate of drug-likeness (QED) is 0.669. The summed E-state index contributed by atoms with van der Waals surface area (Å²) in [5.41, 5.74) is 2.62. The molecule has 3 heterocycles. The third-order valence-corrected chi connectivity index (χ3v) is 4.78. The molecule has 3 aromatic rings. The summed E-state index contributed by atoms with van der Waals surface area (Å²) < 4.78 is 21.8. The highest BCUT2D eigenvalue weighted by molar-refractivity contribution is 5.90. The van der Waals surface area contributed by atoms with Crippen molar-refractivity contribution in [2.45, 2.75) is 27.1 Å². The van der Waals surface area contributed by atoms with Crippen LogP contribution in [-0.2, 0) is 16.1 Å². The van der Waals surface area contributed by atoms with Crippen LogP contribution in [0.1, 0.15) is 20.0 Å². The molecule has 158 valence electrons. The maximum atomic E-state index is 14.8. The lowest BCUT2D eigenvalue weighted by atomic mass is 10.1. The third kappa shape index (κ3) is 3.97. The first-order chi connectivity index (χ1) is 14.0. The van der Waals surface area contributed by atoms with Crippen LogP contribution in [0.4, 0.5) is 14.9 Å². The fourth-order valence-corrected chi connectivity index (χ4v) is 3.32. The number of benzene rings is 1. The van der Waals surface area contributed by atoms with Crippen molar-refractivity contribution in [2.75, 3.05) is 18.0 Å². The lowest BCUT2D eigenvalue weighted by molar-refractivity contribution is -0.119. The number of fused-ring (bicyclic) bond motifs is 1. The number of pyridine rings is 1. The molecule has 0 aliphatic carbocycles. The fourth-order valence-electron chi connectivity index (χ4n) is 3.32. The Bertz CT molecular complexity index is 1100. The van der Waals surface area contributed by atoms with Crippen LogP contribution in [0.5, 0.6) is 0 Å². The minimum atomic E-state index is -0.581. The number of halogens is 1. The van der Waals surface area contributed by atoms with Crippen LogP contribution < -0.4 is 10.2 Å². The topological polar surface area (TPSA) is 96.2 Å². The SMILES string of the molecule is C.CC(=O)NC[C@H]1CN(c2ccc(-c3ccn4c(CO)cnc4c3)c(F)c2)C(=O)O1. The van der Waals surface area contributed by atoms with E-state index in [1.165, 1.54) is 17.9 Å². The van der Waals surface area contributed by atoms with Crippen molar-refractivity contribution in [3.63, 3.8) is 0 Å². The van der Waals surface area contributed by atoms with E-state index in [4.69, 9.17) is 4.74 Å². The molecule has 1 atom stereocenters. The Labute approximate surface area is 172 Å². The standard InChI is InChI=1S/C20H19FN4O4.CH4/c1-12(27)22-9-16-10-25(20(28)29-16)14-2-3-17(18(21)7-14)13-4-5-24-15(11-26)8-23-19(24)6-13;/h2-8,16,26H,9-11H2,1H3,(H,22,27);1H4/t16-;/m0./s1. The lowest BCUT2D eigenvalue weighted by Crippen LogP contribution is -2.33. The van der Waals surface area contributed by atoms with Crippen molar-refractivity contribution in [1.29, 1.82) is 0 Å². The number of amides is 2. The molecule has 0 spiro atoms. The molecule has 2 N–H and O–H groups in total. The number of nitrogens with one attached hydrogen (secondary N) is 1. The highest BCUT2D eigenvalue weighted by atomic mass is 19.1. The van der Waals surface area contributed by atoms with Crippen LogP contribution in [0.25, 0.3) is 16.8 Å². The number of aliphatic hydroxyl groups is 1. The van der Waals surface area contributed by atoms with Gasteiger partial charge in [-0.1, -0.05) is 7.43 Å². The molecule has 1 fully saturated rings. The number of rotatable bonds is 5. The average Bonchev–Trinajstić information content (AvgIpc) is 3.28. The van der Waals surface area contributed by atoms with Crippen LogP contribution in [0.3, 0.4) is 0 Å². The molecule has 2 amide bonds. The second kappa shape index (κ2) is 8.50. The Balaban J connectivity index is 0.00000256. The van der Waals surface area contributed by atoms with E-state index in [1.54, 1.807) is 41.1 Å². The van der Waals surface area contributed by atoms with Gasteiger partial charge in [0.2, 0.25) is 5.91 Å². The molecule has 0 bridgehead atoms. The predicted molar refractivity (Wildman–Crippen MR) is 110 cm³/mol. The van der Waals surface area contributed by atoms with Crippen molar-refractivity contribution in [1.82, 2.24) is 14.7 Å². The van der Waals surface area contributed by atoms with Gasteiger partial charge in [-0.2, -0.15) is 0 Å². The molecule has 30 heavy (non-hydrogen) atoms. The van der Waals surface area contributed by atoms with Gasteiger partial charge in [-0.05, 0) is 35.9 Å². The molecule has 2 aromatic heterocycles. The normalized spacial score (nSPS) is 15.8. The molecule has 1 aliphatic heterocycles. The first kappa shape index (κ1) is 21.3. The molecule has 8 nitrogen and oxygen atoms in total. The average molecular weight is 414 g/mol. The van der Waals surface area contributed by atoms with Crippen LogP contribution in [0, 0.1) is 5.82 Å². The number of carbonyl (C=O) groups is 2. The van der Waals surface area contributed by atoms with E-state index in [0.29, 0.717) is 28.2 Å². The van der Waals surface area contributed by atoms with Gasteiger partial charge in [0.1, 0.15) is 17.6 Å². The zero-order valence-corrected chi connectivity index (χ0v) is 15.6. The molecule has 4 rings (SSSR count). The van der Waals surface area contributed by atoms with Crippen LogP contribution >= 0.6 is 0 Å². The summed E-state index contributed by atoms with van der Waals surface area (Å²) in [7, 11) is 0. The monoisotopic (exact) mass is 414 g/mol. The van der Waals surface area contributed by atoms with E-state index < -0.39 is 18.0 Å². The number of nitrogens with zero attached hydrogens (tertiary/aromatic N) is 3. The molecule has 1 aromatic carbocycles. The zero-order valence-electron chi connectivity index (χ0n) is 15.6. The smallest absolute Gasteiger partial charge is 0.414 e. The van der Waals surface area contributed by atoms with Crippen LogP contribution in [0.15, 0.2) is 42.7 Å². The molecule has 0 saturated carbocycles. The Kier molecular flexibility index (Phi) is 6.02. The number of hydrogen-bond acceptors (Lipinski definition) is 5. The van der Waals surface area contributed by atoms with E-state index in [1.807, 2.05) is 0 Å². The largest absolute Gasteiger partial charge is 0.442 e. The Morgan fingerprint density at radius 2 is 2.17 bits per heavy atom. The summed E-state index contributed by atoms with van der Waals surface area (Å²) in [4.78, 5) is 28.7. The van der Waals surface area contributed by atoms with Crippen LogP contribution in [-0.4, -0.2) is 45.7 Å². The van der Waals surface area contributed by atoms with Gasteiger partial charge in [0.25, 0.3) is 0 Å². The number of anilines is 1. The van der Waals surface area contributed by atoms with Gasteiger partial charge in [0.15, 0.2) is 0 Å². The molecule has 9 heteroatoms. The second-order valence-corrected chi connectivity index (χ2v) is 6.77. The summed E-state index contributed by atoms with van der Waals surface area (Å²) in [6, 6.07) is 7.99. The van der Waals surface area contributed by atoms with Crippen molar-refractivity contribution in [2.24, 2.45) is 0 Å². The molecular weight excluding hydrogens is 391 g/mol. The maximum absolute atomic E-state index is 14.8. The second-order valence-electron chi connectivity index (χ2n) is 6.77. The summed E-state index contributed by atoms with van der Waals surface area (Å²) in [5.74, 6) is -0.700. The van der Waals surface area contributed by atoms with Crippen molar-refractivity contribution >= 4 is 23.3 Å². The van der Waals surface area contributed by atoms with Crippen molar-refractivity contribution in [3.05, 3.63) is 54.2 Å². The molecular formula is C21H23FN4O4. The van der Waals surface area contributed by atoms with Gasteiger partial charge < -0.3 is 19.6 Å². The molecule has 1 aliphatic rings. The number of aliphatic hydroxyl groups excluding tert-OH is 1. The molecule has 0 unspecified atom stereocenters. The Morgan fingerprint density at radius 1 is 1.37 bits per heavy atom. The molecule has 1 saturated heterocycles. The first-order valence-electron chi connectivity index (χ1n) is 9.05. The fraction of sp³-hybridized carbons (Fsp3) is 0.286. The number of hydrogen-bond donors (Lipinski definition) is 2. The van der Waals surface area contributed by atoms with Gasteiger partial charge >= 0.3 is 6.09 Å². The van der Waals surface area contributed by atoms with E-state index in [-0.39, 0.29) is 33.0 Å². The highest BCUT2D eigenvalue weighted by Gasteiger charge is 2.32. The number of ether oxygens (including phenoxy) is 1. The van der Waals surface area contributed by atoms with Gasteiger partial charge in [-0.15, -0.1) is 0 Å². The summed E-state index contributed by atoms with van der Waals surface area (Å²) in [6.07, 6.45) is 2.22.